The number of nitrogens with one attached hydrogen (secondary N) is 1. The van der Waals surface area contributed by atoms with Crippen molar-refractivity contribution in [1.29, 1.82) is 0 Å². The number of carbonyl (C=O) groups excluding carboxylic acids is 1. The number of hydrogen-bond acceptors (Lipinski definition) is 4. The fourth-order valence-electron chi connectivity index (χ4n) is 4.95. The average molecular weight is 407 g/mol. The van der Waals surface area contributed by atoms with Gasteiger partial charge in [-0.1, -0.05) is 49.6 Å². The molecule has 1 saturated carbocycles. The van der Waals surface area contributed by atoms with Crippen molar-refractivity contribution in [2.24, 2.45) is 5.92 Å². The molecule has 0 bridgehead atoms. The van der Waals surface area contributed by atoms with Crippen molar-refractivity contribution in [2.45, 2.75) is 64.3 Å². The van der Waals surface area contributed by atoms with Crippen LogP contribution in [0.2, 0.25) is 0 Å². The number of benzene rings is 1. The number of hydrogen-bond donors (Lipinski definition) is 1. The molecule has 2 aliphatic rings. The number of likely N-dealkylation sites (tertiary alicyclic amines) is 1. The van der Waals surface area contributed by atoms with Crippen LogP contribution in [0.3, 0.4) is 0 Å². The Morgan fingerprint density at radius 2 is 1.90 bits per heavy atom. The zero-order chi connectivity index (χ0) is 20.8. The molecule has 2 aromatic rings. The molecule has 30 heavy (non-hydrogen) atoms. The summed E-state index contributed by atoms with van der Waals surface area (Å²) in [4.78, 5) is 24.6. The molecule has 2 heterocycles. The first-order chi connectivity index (χ1) is 14.7. The van der Waals surface area contributed by atoms with Crippen molar-refractivity contribution >= 4 is 5.91 Å². The first-order valence-electron chi connectivity index (χ1n) is 11.6. The lowest BCUT2D eigenvalue weighted by molar-refractivity contribution is 0.0949. The van der Waals surface area contributed by atoms with Crippen molar-refractivity contribution < 1.29 is 4.79 Å². The van der Waals surface area contributed by atoms with Gasteiger partial charge in [0.1, 0.15) is 5.82 Å². The zero-order valence-corrected chi connectivity index (χ0v) is 18.1. The van der Waals surface area contributed by atoms with Gasteiger partial charge >= 0.3 is 0 Å². The summed E-state index contributed by atoms with van der Waals surface area (Å²) in [7, 11) is 0. The SMILES string of the molecule is Cc1nc([C@H]2CCCN(CC3CCCCC3)C2)ncc1C(=O)NCc1ccccc1. The highest BCUT2D eigenvalue weighted by Crippen LogP contribution is 2.29. The minimum absolute atomic E-state index is 0.106. The van der Waals surface area contributed by atoms with E-state index in [9.17, 15) is 4.79 Å². The van der Waals surface area contributed by atoms with Crippen LogP contribution < -0.4 is 5.32 Å². The van der Waals surface area contributed by atoms with Crippen LogP contribution >= 0.6 is 0 Å². The van der Waals surface area contributed by atoms with Gasteiger partial charge in [0.25, 0.3) is 5.91 Å². The minimum Gasteiger partial charge on any atom is -0.348 e. The van der Waals surface area contributed by atoms with E-state index in [-0.39, 0.29) is 5.91 Å². The lowest BCUT2D eigenvalue weighted by Gasteiger charge is -2.35. The Morgan fingerprint density at radius 1 is 1.10 bits per heavy atom. The number of aryl methyl sites for hydroxylation is 1. The van der Waals surface area contributed by atoms with Crippen molar-refractivity contribution in [1.82, 2.24) is 20.2 Å². The second-order valence-corrected chi connectivity index (χ2v) is 9.00. The maximum atomic E-state index is 12.6. The highest BCUT2D eigenvalue weighted by atomic mass is 16.1. The zero-order valence-electron chi connectivity index (χ0n) is 18.1. The number of piperidine rings is 1. The maximum Gasteiger partial charge on any atom is 0.254 e. The van der Waals surface area contributed by atoms with Gasteiger partial charge in [-0.05, 0) is 50.6 Å². The Kier molecular flexibility index (Phi) is 7.11. The van der Waals surface area contributed by atoms with Crippen LogP contribution in [0.4, 0.5) is 0 Å². The van der Waals surface area contributed by atoms with Crippen LogP contribution in [0, 0.1) is 12.8 Å². The van der Waals surface area contributed by atoms with E-state index in [0.717, 1.165) is 36.0 Å². The quantitative estimate of drug-likeness (QED) is 0.769. The lowest BCUT2D eigenvalue weighted by Crippen LogP contribution is -2.38. The lowest BCUT2D eigenvalue weighted by atomic mass is 9.88. The van der Waals surface area contributed by atoms with Crippen LogP contribution in [0.1, 0.15) is 78.3 Å². The molecule has 2 fully saturated rings. The number of carbonyl (C=O) groups is 1. The number of aromatic nitrogens is 2. The summed E-state index contributed by atoms with van der Waals surface area (Å²) in [5.41, 5.74) is 2.43. The van der Waals surface area contributed by atoms with Gasteiger partial charge in [-0.2, -0.15) is 0 Å². The van der Waals surface area contributed by atoms with Gasteiger partial charge < -0.3 is 10.2 Å². The van der Waals surface area contributed by atoms with Gasteiger partial charge in [0.2, 0.25) is 0 Å². The Morgan fingerprint density at radius 3 is 2.67 bits per heavy atom. The summed E-state index contributed by atoms with van der Waals surface area (Å²) >= 11 is 0. The molecular formula is C25H34N4O. The monoisotopic (exact) mass is 406 g/mol. The second kappa shape index (κ2) is 10.2. The molecular weight excluding hydrogens is 372 g/mol. The van der Waals surface area contributed by atoms with E-state index in [1.807, 2.05) is 37.3 Å². The van der Waals surface area contributed by atoms with Crippen molar-refractivity contribution in [3.8, 4) is 0 Å². The van der Waals surface area contributed by atoms with E-state index < -0.39 is 0 Å². The van der Waals surface area contributed by atoms with E-state index in [2.05, 4.69) is 15.2 Å². The molecule has 0 radical (unpaired) electrons. The van der Waals surface area contributed by atoms with Crippen LogP contribution in [0.25, 0.3) is 0 Å². The van der Waals surface area contributed by atoms with Gasteiger partial charge in [-0.25, -0.2) is 9.97 Å². The predicted octanol–water partition coefficient (Wildman–Crippen LogP) is 4.47. The van der Waals surface area contributed by atoms with Crippen LogP contribution in [0.15, 0.2) is 36.5 Å². The summed E-state index contributed by atoms with van der Waals surface area (Å²) in [6.45, 7) is 5.92. The molecule has 160 valence electrons. The van der Waals surface area contributed by atoms with E-state index in [4.69, 9.17) is 4.98 Å². The van der Waals surface area contributed by atoms with Crippen molar-refractivity contribution in [2.75, 3.05) is 19.6 Å². The molecule has 1 aliphatic heterocycles. The summed E-state index contributed by atoms with van der Waals surface area (Å²) in [5, 5.41) is 2.98. The molecule has 1 N–H and O–H groups in total. The number of amides is 1. The maximum absolute atomic E-state index is 12.6. The normalized spacial score (nSPS) is 20.8. The smallest absolute Gasteiger partial charge is 0.254 e. The molecule has 1 aliphatic carbocycles. The molecule has 1 saturated heterocycles. The summed E-state index contributed by atoms with van der Waals surface area (Å²) < 4.78 is 0. The standard InChI is InChI=1S/C25H34N4O/c1-19-23(25(30)27-15-20-9-4-2-5-10-20)16-26-24(28-19)22-13-8-14-29(18-22)17-21-11-6-3-7-12-21/h2,4-5,9-10,16,21-22H,3,6-8,11-15,17-18H2,1H3,(H,27,30)/t22-/m0/s1. The molecule has 1 aromatic carbocycles. The molecule has 0 unspecified atom stereocenters. The molecule has 0 spiro atoms. The third-order valence-corrected chi connectivity index (χ3v) is 6.65. The first-order valence-corrected chi connectivity index (χ1v) is 11.6. The fourth-order valence-corrected chi connectivity index (χ4v) is 4.95. The van der Waals surface area contributed by atoms with Gasteiger partial charge in [0.15, 0.2) is 0 Å². The molecule has 1 atom stereocenters. The van der Waals surface area contributed by atoms with Gasteiger partial charge in [0, 0.05) is 31.7 Å². The highest BCUT2D eigenvalue weighted by molar-refractivity contribution is 5.94. The van der Waals surface area contributed by atoms with Gasteiger partial charge in [-0.3, -0.25) is 4.79 Å². The Hall–Kier alpha value is -2.27. The van der Waals surface area contributed by atoms with E-state index >= 15 is 0 Å². The third-order valence-electron chi connectivity index (χ3n) is 6.65. The first kappa shape index (κ1) is 21.0. The summed E-state index contributed by atoms with van der Waals surface area (Å²) in [6.07, 6.45) is 11.1. The topological polar surface area (TPSA) is 58.1 Å². The molecule has 5 nitrogen and oxygen atoms in total. The van der Waals surface area contributed by atoms with Crippen LogP contribution in [-0.4, -0.2) is 40.4 Å². The van der Waals surface area contributed by atoms with E-state index in [1.165, 1.54) is 51.6 Å². The Bertz CT molecular complexity index is 832. The van der Waals surface area contributed by atoms with E-state index in [0.29, 0.717) is 18.0 Å². The number of rotatable bonds is 6. The van der Waals surface area contributed by atoms with Crippen molar-refractivity contribution in [3.63, 3.8) is 0 Å². The van der Waals surface area contributed by atoms with E-state index in [1.54, 1.807) is 6.20 Å². The Labute approximate surface area is 180 Å². The Balaban J connectivity index is 1.35. The molecule has 1 amide bonds. The molecule has 1 aromatic heterocycles. The largest absolute Gasteiger partial charge is 0.348 e. The van der Waals surface area contributed by atoms with Gasteiger partial charge in [0.05, 0.1) is 11.3 Å². The summed E-state index contributed by atoms with van der Waals surface area (Å²) in [6, 6.07) is 9.95. The molecule has 4 rings (SSSR count). The highest BCUT2D eigenvalue weighted by Gasteiger charge is 2.26. The average Bonchev–Trinajstić information content (AvgIpc) is 2.79. The predicted molar refractivity (Wildman–Crippen MR) is 119 cm³/mol. The van der Waals surface area contributed by atoms with Crippen molar-refractivity contribution in [3.05, 3.63) is 59.2 Å². The van der Waals surface area contributed by atoms with Crippen LogP contribution in [0.5, 0.6) is 0 Å². The third kappa shape index (κ3) is 5.45. The van der Waals surface area contributed by atoms with Gasteiger partial charge in [-0.15, -0.1) is 0 Å². The molecule has 5 heteroatoms. The minimum atomic E-state index is -0.106. The second-order valence-electron chi connectivity index (χ2n) is 9.00. The van der Waals surface area contributed by atoms with Crippen LogP contribution in [-0.2, 0) is 6.54 Å². The number of nitrogens with zero attached hydrogens (tertiary/aromatic N) is 3. The summed E-state index contributed by atoms with van der Waals surface area (Å²) in [5.74, 6) is 2.05. The fraction of sp³-hybridized carbons (Fsp3) is 0.560.